The van der Waals surface area contributed by atoms with Crippen LogP contribution >= 0.6 is 11.3 Å². The molecule has 21 heavy (non-hydrogen) atoms. The molecule has 0 atom stereocenters. The Balaban J connectivity index is 1.77. The second-order valence-corrected chi connectivity index (χ2v) is 6.70. The quantitative estimate of drug-likeness (QED) is 0.943. The molecular formula is C16H22N4S. The van der Waals surface area contributed by atoms with Gasteiger partial charge >= 0.3 is 0 Å². The van der Waals surface area contributed by atoms with E-state index in [2.05, 4.69) is 28.9 Å². The van der Waals surface area contributed by atoms with Gasteiger partial charge in [-0.1, -0.05) is 6.92 Å². The van der Waals surface area contributed by atoms with Crippen molar-refractivity contribution >= 4 is 17.3 Å². The van der Waals surface area contributed by atoms with Crippen LogP contribution in [0.1, 0.15) is 24.6 Å². The highest BCUT2D eigenvalue weighted by atomic mass is 32.1. The van der Waals surface area contributed by atoms with E-state index < -0.39 is 0 Å². The van der Waals surface area contributed by atoms with Crippen LogP contribution in [-0.4, -0.2) is 29.6 Å². The maximum absolute atomic E-state index is 5.75. The number of thiophene rings is 1. The van der Waals surface area contributed by atoms with Crippen molar-refractivity contribution in [2.75, 3.05) is 24.5 Å². The fourth-order valence-corrected chi connectivity index (χ4v) is 3.63. The van der Waals surface area contributed by atoms with E-state index in [-0.39, 0.29) is 0 Å². The van der Waals surface area contributed by atoms with Crippen molar-refractivity contribution < 1.29 is 0 Å². The van der Waals surface area contributed by atoms with E-state index in [0.717, 1.165) is 50.5 Å². The molecule has 3 rings (SSSR count). The molecule has 1 aliphatic heterocycles. The molecule has 112 valence electrons. The maximum Gasteiger partial charge on any atom is 0.225 e. The van der Waals surface area contributed by atoms with E-state index in [9.17, 15) is 0 Å². The van der Waals surface area contributed by atoms with E-state index in [1.54, 1.807) is 0 Å². The number of aromatic nitrogens is 2. The molecule has 0 bridgehead atoms. The summed E-state index contributed by atoms with van der Waals surface area (Å²) in [7, 11) is 0. The summed E-state index contributed by atoms with van der Waals surface area (Å²) in [5.74, 6) is 1.52. The molecule has 0 aromatic carbocycles. The van der Waals surface area contributed by atoms with Gasteiger partial charge in [0.15, 0.2) is 0 Å². The number of rotatable bonds is 4. The zero-order chi connectivity index (χ0) is 14.7. The van der Waals surface area contributed by atoms with Crippen LogP contribution in [0.3, 0.4) is 0 Å². The van der Waals surface area contributed by atoms with Gasteiger partial charge in [0.05, 0.1) is 10.6 Å². The fraction of sp³-hybridized carbons (Fsp3) is 0.500. The van der Waals surface area contributed by atoms with Crippen molar-refractivity contribution in [3.63, 3.8) is 0 Å². The first-order valence-corrected chi connectivity index (χ1v) is 8.49. The zero-order valence-electron chi connectivity index (χ0n) is 12.5. The molecule has 5 heteroatoms. The predicted octanol–water partition coefficient (Wildman–Crippen LogP) is 2.94. The standard InChI is InChI=1S/C16H22N4S/c1-2-13-3-4-15(21-13)14-5-8-18-16(19-14)20-9-6-12(11-17)7-10-20/h3-5,8,12H,2,6-7,9-11,17H2,1H3. The first kappa shape index (κ1) is 14.5. The summed E-state index contributed by atoms with van der Waals surface area (Å²) < 4.78 is 0. The summed E-state index contributed by atoms with van der Waals surface area (Å²) in [4.78, 5) is 14.1. The van der Waals surface area contributed by atoms with Crippen LogP contribution in [0.15, 0.2) is 24.4 Å². The van der Waals surface area contributed by atoms with E-state index in [0.29, 0.717) is 5.92 Å². The van der Waals surface area contributed by atoms with E-state index in [1.165, 1.54) is 9.75 Å². The summed E-state index contributed by atoms with van der Waals surface area (Å²) in [5, 5.41) is 0. The Labute approximate surface area is 130 Å². The molecule has 1 saturated heterocycles. The Morgan fingerprint density at radius 1 is 1.29 bits per heavy atom. The van der Waals surface area contributed by atoms with Crippen LogP contribution in [0.2, 0.25) is 0 Å². The van der Waals surface area contributed by atoms with Gasteiger partial charge in [0, 0.05) is 24.2 Å². The highest BCUT2D eigenvalue weighted by Gasteiger charge is 2.20. The zero-order valence-corrected chi connectivity index (χ0v) is 13.3. The van der Waals surface area contributed by atoms with Crippen molar-refractivity contribution in [1.82, 2.24) is 9.97 Å². The van der Waals surface area contributed by atoms with Crippen molar-refractivity contribution in [2.45, 2.75) is 26.2 Å². The monoisotopic (exact) mass is 302 g/mol. The van der Waals surface area contributed by atoms with Gasteiger partial charge in [0.25, 0.3) is 0 Å². The molecule has 1 fully saturated rings. The van der Waals surface area contributed by atoms with Crippen LogP contribution in [0.5, 0.6) is 0 Å². The van der Waals surface area contributed by atoms with Crippen molar-refractivity contribution in [1.29, 1.82) is 0 Å². The Morgan fingerprint density at radius 2 is 2.10 bits per heavy atom. The molecule has 0 radical (unpaired) electrons. The highest BCUT2D eigenvalue weighted by Crippen LogP contribution is 2.28. The third-order valence-corrected chi connectivity index (χ3v) is 5.39. The van der Waals surface area contributed by atoms with Crippen LogP contribution in [0.25, 0.3) is 10.6 Å². The third kappa shape index (κ3) is 3.24. The first-order valence-electron chi connectivity index (χ1n) is 7.67. The number of nitrogens with two attached hydrogens (primary N) is 1. The highest BCUT2D eigenvalue weighted by molar-refractivity contribution is 7.15. The number of anilines is 1. The lowest BCUT2D eigenvalue weighted by Crippen LogP contribution is -2.37. The lowest BCUT2D eigenvalue weighted by Gasteiger charge is -2.31. The normalized spacial score (nSPS) is 16.4. The average Bonchev–Trinajstić information content (AvgIpc) is 3.04. The molecule has 2 N–H and O–H groups in total. The van der Waals surface area contributed by atoms with Gasteiger partial charge in [0.1, 0.15) is 0 Å². The Hall–Kier alpha value is -1.46. The Bertz CT molecular complexity index is 587. The minimum atomic E-state index is 0.661. The second kappa shape index (κ2) is 6.54. The molecule has 0 unspecified atom stereocenters. The van der Waals surface area contributed by atoms with Crippen molar-refractivity contribution in [3.8, 4) is 10.6 Å². The molecular weight excluding hydrogens is 280 g/mol. The van der Waals surface area contributed by atoms with Gasteiger partial charge in [-0.05, 0) is 49.9 Å². The van der Waals surface area contributed by atoms with Crippen LogP contribution in [0.4, 0.5) is 5.95 Å². The topological polar surface area (TPSA) is 55.0 Å². The van der Waals surface area contributed by atoms with Gasteiger partial charge in [-0.15, -0.1) is 11.3 Å². The number of hydrogen-bond donors (Lipinski definition) is 1. The molecule has 0 saturated carbocycles. The SMILES string of the molecule is CCc1ccc(-c2ccnc(N3CCC(CN)CC3)n2)s1. The summed E-state index contributed by atoms with van der Waals surface area (Å²) >= 11 is 1.82. The van der Waals surface area contributed by atoms with Crippen molar-refractivity contribution in [2.24, 2.45) is 11.7 Å². The van der Waals surface area contributed by atoms with E-state index >= 15 is 0 Å². The number of nitrogens with zero attached hydrogens (tertiary/aromatic N) is 3. The molecule has 0 aliphatic carbocycles. The van der Waals surface area contributed by atoms with Crippen LogP contribution in [-0.2, 0) is 6.42 Å². The Kier molecular flexibility index (Phi) is 4.51. The molecule has 3 heterocycles. The van der Waals surface area contributed by atoms with Gasteiger partial charge in [-0.2, -0.15) is 0 Å². The van der Waals surface area contributed by atoms with Gasteiger partial charge < -0.3 is 10.6 Å². The van der Waals surface area contributed by atoms with Crippen LogP contribution in [0, 0.1) is 5.92 Å². The fourth-order valence-electron chi connectivity index (χ4n) is 2.71. The number of aryl methyl sites for hydroxylation is 1. The summed E-state index contributed by atoms with van der Waals surface area (Å²) in [5.41, 5.74) is 6.79. The van der Waals surface area contributed by atoms with Gasteiger partial charge in [0.2, 0.25) is 5.95 Å². The van der Waals surface area contributed by atoms with Gasteiger partial charge in [-0.3, -0.25) is 0 Å². The average molecular weight is 302 g/mol. The minimum absolute atomic E-state index is 0.661. The lowest BCUT2D eigenvalue weighted by atomic mass is 9.97. The minimum Gasteiger partial charge on any atom is -0.341 e. The maximum atomic E-state index is 5.75. The van der Waals surface area contributed by atoms with Gasteiger partial charge in [-0.25, -0.2) is 9.97 Å². The molecule has 2 aromatic rings. The summed E-state index contributed by atoms with van der Waals surface area (Å²) in [6, 6.07) is 6.35. The number of hydrogen-bond acceptors (Lipinski definition) is 5. The van der Waals surface area contributed by atoms with Crippen LogP contribution < -0.4 is 10.6 Å². The number of piperidine rings is 1. The summed E-state index contributed by atoms with van der Waals surface area (Å²) in [6.07, 6.45) is 5.24. The first-order chi connectivity index (χ1) is 10.3. The molecule has 0 spiro atoms. The second-order valence-electron chi connectivity index (χ2n) is 5.53. The summed E-state index contributed by atoms with van der Waals surface area (Å²) in [6.45, 7) is 5.00. The van der Waals surface area contributed by atoms with Crippen molar-refractivity contribution in [3.05, 3.63) is 29.3 Å². The smallest absolute Gasteiger partial charge is 0.225 e. The Morgan fingerprint density at radius 3 is 2.76 bits per heavy atom. The molecule has 4 nitrogen and oxygen atoms in total. The van der Waals surface area contributed by atoms with E-state index in [1.807, 2.05) is 23.6 Å². The third-order valence-electron chi connectivity index (χ3n) is 4.14. The molecule has 1 aliphatic rings. The largest absolute Gasteiger partial charge is 0.341 e. The lowest BCUT2D eigenvalue weighted by molar-refractivity contribution is 0.411. The predicted molar refractivity (Wildman–Crippen MR) is 88.7 cm³/mol. The van der Waals surface area contributed by atoms with E-state index in [4.69, 9.17) is 10.7 Å². The molecule has 2 aromatic heterocycles. The molecule has 0 amide bonds.